The smallest absolute Gasteiger partial charge is 0.251 e. The van der Waals surface area contributed by atoms with Gasteiger partial charge in [-0.1, -0.05) is 13.8 Å². The van der Waals surface area contributed by atoms with Crippen molar-refractivity contribution in [2.75, 3.05) is 19.6 Å². The van der Waals surface area contributed by atoms with Gasteiger partial charge in [0.2, 0.25) is 5.91 Å². The molecule has 5 nitrogen and oxygen atoms in total. The predicted octanol–water partition coefficient (Wildman–Crippen LogP) is 1.86. The van der Waals surface area contributed by atoms with E-state index in [4.69, 9.17) is 5.73 Å². The first-order chi connectivity index (χ1) is 10.5. The van der Waals surface area contributed by atoms with E-state index in [0.717, 1.165) is 0 Å². The van der Waals surface area contributed by atoms with Gasteiger partial charge in [-0.3, -0.25) is 9.59 Å². The number of hydrogen-bond acceptors (Lipinski definition) is 3. The highest BCUT2D eigenvalue weighted by Gasteiger charge is 2.32. The predicted molar refractivity (Wildman–Crippen MR) is 91.1 cm³/mol. The summed E-state index contributed by atoms with van der Waals surface area (Å²) in [6.45, 7) is 4.80. The van der Waals surface area contributed by atoms with Crippen LogP contribution in [0, 0.1) is 11.2 Å². The third kappa shape index (κ3) is 5.80. The van der Waals surface area contributed by atoms with E-state index >= 15 is 0 Å². The lowest BCUT2D eigenvalue weighted by Gasteiger charge is -2.28. The largest absolute Gasteiger partial charge is 0.354 e. The van der Waals surface area contributed by atoms with Crippen molar-refractivity contribution in [3.05, 3.63) is 35.6 Å². The van der Waals surface area contributed by atoms with Gasteiger partial charge in [0.25, 0.3) is 5.91 Å². The maximum absolute atomic E-state index is 12.8. The second-order valence-electron chi connectivity index (χ2n) is 5.21. The Hall–Kier alpha value is -1.66. The lowest BCUT2D eigenvalue weighted by molar-refractivity contribution is -0.130. The van der Waals surface area contributed by atoms with Crippen molar-refractivity contribution in [3.63, 3.8) is 0 Å². The number of nitrogens with one attached hydrogen (secondary N) is 2. The van der Waals surface area contributed by atoms with E-state index in [0.29, 0.717) is 38.0 Å². The van der Waals surface area contributed by atoms with Crippen LogP contribution in [0.1, 0.15) is 37.0 Å². The number of rotatable bonds is 8. The summed E-state index contributed by atoms with van der Waals surface area (Å²) in [5.41, 5.74) is 5.55. The summed E-state index contributed by atoms with van der Waals surface area (Å²) in [6, 6.07) is 5.29. The first kappa shape index (κ1) is 21.3. The number of carbonyl (C=O) groups is 2. The molecule has 0 spiro atoms. The minimum absolute atomic E-state index is 0. The van der Waals surface area contributed by atoms with Gasteiger partial charge in [-0.25, -0.2) is 4.39 Å². The molecule has 0 aliphatic rings. The number of nitrogens with two attached hydrogens (primary N) is 1. The van der Waals surface area contributed by atoms with E-state index < -0.39 is 5.41 Å². The van der Waals surface area contributed by atoms with Gasteiger partial charge >= 0.3 is 0 Å². The molecule has 0 bridgehead atoms. The fourth-order valence-corrected chi connectivity index (χ4v) is 2.20. The SMILES string of the molecule is CCC(CC)(CN)C(=O)NCCNC(=O)c1ccc(F)cc1.Cl. The molecule has 4 N–H and O–H groups in total. The van der Waals surface area contributed by atoms with Crippen LogP contribution in [0.15, 0.2) is 24.3 Å². The second-order valence-corrected chi connectivity index (χ2v) is 5.21. The van der Waals surface area contributed by atoms with Gasteiger partial charge < -0.3 is 16.4 Å². The molecule has 0 fully saturated rings. The quantitative estimate of drug-likeness (QED) is 0.629. The highest BCUT2D eigenvalue weighted by molar-refractivity contribution is 5.94. The van der Waals surface area contributed by atoms with E-state index in [1.54, 1.807) is 0 Å². The van der Waals surface area contributed by atoms with Crippen molar-refractivity contribution < 1.29 is 14.0 Å². The molecule has 0 saturated heterocycles. The molecule has 0 heterocycles. The van der Waals surface area contributed by atoms with Crippen LogP contribution in [0.5, 0.6) is 0 Å². The molecule has 0 aliphatic carbocycles. The van der Waals surface area contributed by atoms with Gasteiger partial charge in [0.05, 0.1) is 5.41 Å². The second kappa shape index (κ2) is 10.2. The molecule has 0 saturated carbocycles. The highest BCUT2D eigenvalue weighted by atomic mass is 35.5. The van der Waals surface area contributed by atoms with Crippen molar-refractivity contribution in [1.82, 2.24) is 10.6 Å². The zero-order valence-electron chi connectivity index (χ0n) is 13.5. The molecule has 0 aromatic heterocycles. The Morgan fingerprint density at radius 2 is 1.61 bits per heavy atom. The van der Waals surface area contributed by atoms with Crippen molar-refractivity contribution in [2.24, 2.45) is 11.1 Å². The van der Waals surface area contributed by atoms with Gasteiger partial charge in [0, 0.05) is 25.2 Å². The van der Waals surface area contributed by atoms with E-state index in [1.807, 2.05) is 13.8 Å². The van der Waals surface area contributed by atoms with E-state index in [2.05, 4.69) is 10.6 Å². The fourth-order valence-electron chi connectivity index (χ4n) is 2.20. The van der Waals surface area contributed by atoms with Crippen LogP contribution in [0.4, 0.5) is 4.39 Å². The van der Waals surface area contributed by atoms with Crippen LogP contribution in [0.2, 0.25) is 0 Å². The van der Waals surface area contributed by atoms with E-state index in [1.165, 1.54) is 24.3 Å². The third-order valence-electron chi connectivity index (χ3n) is 4.03. The standard InChI is InChI=1S/C16H24FN3O2.ClH/c1-3-16(4-2,11-18)15(22)20-10-9-19-14(21)12-5-7-13(17)8-6-12;/h5-8H,3-4,9-11,18H2,1-2H3,(H,19,21)(H,20,22);1H. The van der Waals surface area contributed by atoms with Gasteiger partial charge in [0.15, 0.2) is 0 Å². The minimum atomic E-state index is -0.541. The minimum Gasteiger partial charge on any atom is -0.354 e. The molecule has 0 radical (unpaired) electrons. The summed E-state index contributed by atoms with van der Waals surface area (Å²) in [4.78, 5) is 24.0. The lowest BCUT2D eigenvalue weighted by atomic mass is 9.81. The molecule has 1 aromatic carbocycles. The summed E-state index contributed by atoms with van der Waals surface area (Å²) in [6.07, 6.45) is 1.35. The highest BCUT2D eigenvalue weighted by Crippen LogP contribution is 2.24. The summed E-state index contributed by atoms with van der Waals surface area (Å²) >= 11 is 0. The average Bonchev–Trinajstić information content (AvgIpc) is 2.54. The molecular weight excluding hydrogens is 321 g/mol. The maximum atomic E-state index is 12.8. The van der Waals surface area contributed by atoms with Crippen LogP contribution in [0.3, 0.4) is 0 Å². The van der Waals surface area contributed by atoms with Crippen LogP contribution in [-0.2, 0) is 4.79 Å². The summed E-state index contributed by atoms with van der Waals surface area (Å²) in [5.74, 6) is -0.776. The Balaban J connectivity index is 0.00000484. The third-order valence-corrected chi connectivity index (χ3v) is 4.03. The normalized spacial score (nSPS) is 10.6. The summed E-state index contributed by atoms with van der Waals surface area (Å²) < 4.78 is 12.8. The van der Waals surface area contributed by atoms with E-state index in [9.17, 15) is 14.0 Å². The zero-order valence-corrected chi connectivity index (χ0v) is 14.3. The molecule has 1 aromatic rings. The Morgan fingerprint density at radius 3 is 2.09 bits per heavy atom. The van der Waals surface area contributed by atoms with Gasteiger partial charge in [-0.05, 0) is 37.1 Å². The molecule has 23 heavy (non-hydrogen) atoms. The first-order valence-corrected chi connectivity index (χ1v) is 7.51. The summed E-state index contributed by atoms with van der Waals surface area (Å²) in [7, 11) is 0. The summed E-state index contributed by atoms with van der Waals surface area (Å²) in [5, 5.41) is 5.47. The number of amides is 2. The van der Waals surface area contributed by atoms with Crippen molar-refractivity contribution in [2.45, 2.75) is 26.7 Å². The van der Waals surface area contributed by atoms with Crippen molar-refractivity contribution >= 4 is 24.2 Å². The van der Waals surface area contributed by atoms with Gasteiger partial charge in [-0.2, -0.15) is 0 Å². The molecule has 130 valence electrons. The maximum Gasteiger partial charge on any atom is 0.251 e. The molecular formula is C16H25ClFN3O2. The lowest BCUT2D eigenvalue weighted by Crippen LogP contribution is -2.47. The van der Waals surface area contributed by atoms with Crippen LogP contribution >= 0.6 is 12.4 Å². The monoisotopic (exact) mass is 345 g/mol. The Kier molecular flexibility index (Phi) is 9.44. The molecule has 1 rings (SSSR count). The van der Waals surface area contributed by atoms with Crippen molar-refractivity contribution in [1.29, 1.82) is 0 Å². The Bertz CT molecular complexity index is 496. The first-order valence-electron chi connectivity index (χ1n) is 7.51. The van der Waals surface area contributed by atoms with Crippen LogP contribution in [0.25, 0.3) is 0 Å². The molecule has 7 heteroatoms. The van der Waals surface area contributed by atoms with E-state index in [-0.39, 0.29) is 30.0 Å². The number of benzene rings is 1. The Morgan fingerprint density at radius 1 is 1.09 bits per heavy atom. The van der Waals surface area contributed by atoms with Crippen LogP contribution < -0.4 is 16.4 Å². The van der Waals surface area contributed by atoms with Gasteiger partial charge in [-0.15, -0.1) is 12.4 Å². The molecule has 0 unspecified atom stereocenters. The number of hydrogen-bond donors (Lipinski definition) is 3. The van der Waals surface area contributed by atoms with Gasteiger partial charge in [0.1, 0.15) is 5.82 Å². The fraction of sp³-hybridized carbons (Fsp3) is 0.500. The Labute approximate surface area is 142 Å². The van der Waals surface area contributed by atoms with Crippen molar-refractivity contribution in [3.8, 4) is 0 Å². The molecule has 0 aliphatic heterocycles. The van der Waals surface area contributed by atoms with Crippen LogP contribution in [-0.4, -0.2) is 31.4 Å². The number of halogens is 2. The number of carbonyl (C=O) groups excluding carboxylic acids is 2. The zero-order chi connectivity index (χ0) is 16.6. The topological polar surface area (TPSA) is 84.2 Å². The molecule has 2 amide bonds. The average molecular weight is 346 g/mol. The molecule has 0 atom stereocenters.